The molecule has 21 heavy (non-hydrogen) atoms. The summed E-state index contributed by atoms with van der Waals surface area (Å²) in [5, 5.41) is 3.54. The fourth-order valence-electron chi connectivity index (χ4n) is 2.49. The van der Waals surface area contributed by atoms with Gasteiger partial charge in [-0.3, -0.25) is 4.79 Å². The van der Waals surface area contributed by atoms with E-state index in [1.54, 1.807) is 6.07 Å². The zero-order valence-corrected chi connectivity index (χ0v) is 12.9. The Morgan fingerprint density at radius 2 is 1.95 bits per heavy atom. The number of nitrogens with zero attached hydrogens (tertiary/aromatic N) is 1. The van der Waals surface area contributed by atoms with Gasteiger partial charge in [0.05, 0.1) is 4.99 Å². The number of thiocarbonyl (C=S) groups is 1. The molecular weight excluding hydrogens is 304 g/mol. The number of hydrogen-bond acceptors (Lipinski definition) is 2. The van der Waals surface area contributed by atoms with Crippen LogP contribution >= 0.6 is 23.8 Å². The lowest BCUT2D eigenvalue weighted by Crippen LogP contribution is -2.30. The first-order valence-corrected chi connectivity index (χ1v) is 7.29. The Hall–Kier alpha value is -1.91. The summed E-state index contributed by atoms with van der Waals surface area (Å²) < 4.78 is 0. The van der Waals surface area contributed by atoms with E-state index in [9.17, 15) is 4.79 Å². The van der Waals surface area contributed by atoms with Crippen molar-refractivity contribution in [1.29, 1.82) is 0 Å². The highest BCUT2D eigenvalue weighted by atomic mass is 35.5. The maximum Gasteiger partial charge on any atom is 0.238 e. The molecule has 3 nitrogen and oxygen atoms in total. The Labute approximate surface area is 133 Å². The van der Waals surface area contributed by atoms with Crippen molar-refractivity contribution in [3.05, 3.63) is 59.1 Å². The number of hydrogen-bond donors (Lipinski definition) is 1. The number of amides is 1. The van der Waals surface area contributed by atoms with Crippen LogP contribution in [0, 0.1) is 0 Å². The second kappa shape index (κ2) is 5.47. The molecule has 3 rings (SSSR count). The average molecular weight is 317 g/mol. The number of nitrogens with one attached hydrogen (secondary N) is 1. The van der Waals surface area contributed by atoms with Crippen molar-refractivity contribution in [3.8, 4) is 0 Å². The minimum atomic E-state index is -0.461. The first-order valence-electron chi connectivity index (χ1n) is 6.51. The number of anilines is 2. The predicted octanol–water partition coefficient (Wildman–Crippen LogP) is 3.84. The SMILES string of the molecule is CN1C(=S)C(C(=O)Nc2ccccc2)c2ccc(Cl)cc21. The highest BCUT2D eigenvalue weighted by Gasteiger charge is 2.37. The lowest BCUT2D eigenvalue weighted by molar-refractivity contribution is -0.116. The summed E-state index contributed by atoms with van der Waals surface area (Å²) in [4.78, 5) is 15.0. The van der Waals surface area contributed by atoms with E-state index >= 15 is 0 Å². The van der Waals surface area contributed by atoms with Crippen LogP contribution in [0.5, 0.6) is 0 Å². The highest BCUT2D eigenvalue weighted by Crippen LogP contribution is 2.39. The zero-order chi connectivity index (χ0) is 15.0. The summed E-state index contributed by atoms with van der Waals surface area (Å²) in [7, 11) is 1.85. The molecule has 1 heterocycles. The number of benzene rings is 2. The third-order valence-electron chi connectivity index (χ3n) is 3.55. The van der Waals surface area contributed by atoms with Crippen LogP contribution in [0.1, 0.15) is 11.5 Å². The Bertz CT molecular complexity index is 717. The molecule has 1 unspecified atom stereocenters. The molecule has 106 valence electrons. The molecule has 2 aromatic carbocycles. The molecule has 2 aromatic rings. The van der Waals surface area contributed by atoms with Crippen LogP contribution < -0.4 is 10.2 Å². The zero-order valence-electron chi connectivity index (χ0n) is 11.3. The van der Waals surface area contributed by atoms with Crippen LogP contribution in [0.4, 0.5) is 11.4 Å². The van der Waals surface area contributed by atoms with Crippen LogP contribution in [0.25, 0.3) is 0 Å². The summed E-state index contributed by atoms with van der Waals surface area (Å²) >= 11 is 11.4. The van der Waals surface area contributed by atoms with Gasteiger partial charge in [-0.1, -0.05) is 48.1 Å². The maximum atomic E-state index is 12.6. The van der Waals surface area contributed by atoms with Gasteiger partial charge in [0.25, 0.3) is 0 Å². The van der Waals surface area contributed by atoms with E-state index in [-0.39, 0.29) is 5.91 Å². The van der Waals surface area contributed by atoms with E-state index in [0.717, 1.165) is 16.9 Å². The second-order valence-corrected chi connectivity index (χ2v) is 5.74. The fourth-order valence-corrected chi connectivity index (χ4v) is 2.98. The third kappa shape index (κ3) is 2.52. The molecule has 5 heteroatoms. The molecule has 1 aliphatic heterocycles. The quantitative estimate of drug-likeness (QED) is 0.854. The first kappa shape index (κ1) is 14.0. The molecule has 0 fully saturated rings. The van der Waals surface area contributed by atoms with E-state index in [0.29, 0.717) is 10.0 Å². The number of likely N-dealkylation sites (N-methyl/N-ethyl adjacent to an activating group) is 1. The Kier molecular flexibility index (Phi) is 3.66. The molecular formula is C16H13ClN2OS. The molecule has 1 atom stereocenters. The molecule has 0 saturated heterocycles. The molecule has 0 saturated carbocycles. The predicted molar refractivity (Wildman–Crippen MR) is 90.3 cm³/mol. The highest BCUT2D eigenvalue weighted by molar-refractivity contribution is 7.80. The van der Waals surface area contributed by atoms with Gasteiger partial charge in [-0.2, -0.15) is 0 Å². The normalized spacial score (nSPS) is 16.8. The van der Waals surface area contributed by atoms with Crippen LogP contribution in [0.3, 0.4) is 0 Å². The smallest absolute Gasteiger partial charge is 0.238 e. The standard InChI is InChI=1S/C16H13ClN2OS/c1-19-13-9-10(17)7-8-12(13)14(16(19)21)15(20)18-11-5-3-2-4-6-11/h2-9,14H,1H3,(H,18,20). The van der Waals surface area contributed by atoms with Crippen LogP contribution in [0.2, 0.25) is 5.02 Å². The molecule has 1 amide bonds. The number of fused-ring (bicyclic) bond motifs is 1. The van der Waals surface area contributed by atoms with E-state index in [4.69, 9.17) is 23.8 Å². The molecule has 0 bridgehead atoms. The van der Waals surface area contributed by atoms with Gasteiger partial charge in [0.15, 0.2) is 0 Å². The van der Waals surface area contributed by atoms with Crippen LogP contribution in [0.15, 0.2) is 48.5 Å². The van der Waals surface area contributed by atoms with Crippen molar-refractivity contribution in [2.24, 2.45) is 0 Å². The Morgan fingerprint density at radius 1 is 1.24 bits per heavy atom. The van der Waals surface area contributed by atoms with Crippen molar-refractivity contribution >= 4 is 46.1 Å². The van der Waals surface area contributed by atoms with E-state index in [1.807, 2.05) is 54.4 Å². The molecule has 1 N–H and O–H groups in total. The number of para-hydroxylation sites is 1. The largest absolute Gasteiger partial charge is 0.338 e. The molecule has 0 aromatic heterocycles. The van der Waals surface area contributed by atoms with E-state index in [1.165, 1.54) is 0 Å². The van der Waals surface area contributed by atoms with Gasteiger partial charge in [-0.05, 0) is 29.8 Å². The summed E-state index contributed by atoms with van der Waals surface area (Å²) in [6.07, 6.45) is 0. The van der Waals surface area contributed by atoms with Gasteiger partial charge < -0.3 is 10.2 Å². The minimum Gasteiger partial charge on any atom is -0.338 e. The van der Waals surface area contributed by atoms with Gasteiger partial charge in [0, 0.05) is 23.4 Å². The molecule has 0 spiro atoms. The van der Waals surface area contributed by atoms with E-state index in [2.05, 4.69) is 5.32 Å². The summed E-state index contributed by atoms with van der Waals surface area (Å²) in [6, 6.07) is 14.8. The summed E-state index contributed by atoms with van der Waals surface area (Å²) in [5.74, 6) is -0.586. The molecule has 1 aliphatic rings. The van der Waals surface area contributed by atoms with Crippen molar-refractivity contribution in [1.82, 2.24) is 0 Å². The number of halogens is 1. The fraction of sp³-hybridized carbons (Fsp3) is 0.125. The number of rotatable bonds is 2. The lowest BCUT2D eigenvalue weighted by atomic mass is 10.0. The second-order valence-electron chi connectivity index (χ2n) is 4.89. The summed E-state index contributed by atoms with van der Waals surface area (Å²) in [5.41, 5.74) is 2.54. The van der Waals surface area contributed by atoms with Crippen molar-refractivity contribution in [3.63, 3.8) is 0 Å². The van der Waals surface area contributed by atoms with Gasteiger partial charge in [0.2, 0.25) is 5.91 Å². The van der Waals surface area contributed by atoms with Crippen LogP contribution in [-0.4, -0.2) is 17.9 Å². The number of carbonyl (C=O) groups excluding carboxylic acids is 1. The molecule has 0 radical (unpaired) electrons. The van der Waals surface area contributed by atoms with E-state index < -0.39 is 5.92 Å². The van der Waals surface area contributed by atoms with Gasteiger partial charge in [-0.15, -0.1) is 0 Å². The Balaban J connectivity index is 1.93. The monoisotopic (exact) mass is 316 g/mol. The van der Waals surface area contributed by atoms with Gasteiger partial charge in [0.1, 0.15) is 5.92 Å². The summed E-state index contributed by atoms with van der Waals surface area (Å²) in [6.45, 7) is 0. The third-order valence-corrected chi connectivity index (χ3v) is 4.29. The maximum absolute atomic E-state index is 12.6. The van der Waals surface area contributed by atoms with Crippen molar-refractivity contribution < 1.29 is 4.79 Å². The van der Waals surface area contributed by atoms with Crippen molar-refractivity contribution in [2.75, 3.05) is 17.3 Å². The Morgan fingerprint density at radius 3 is 2.67 bits per heavy atom. The van der Waals surface area contributed by atoms with Crippen LogP contribution in [-0.2, 0) is 4.79 Å². The minimum absolute atomic E-state index is 0.126. The average Bonchev–Trinajstić information content (AvgIpc) is 2.72. The van der Waals surface area contributed by atoms with Gasteiger partial charge in [-0.25, -0.2) is 0 Å². The molecule has 0 aliphatic carbocycles. The topological polar surface area (TPSA) is 32.3 Å². The number of carbonyl (C=O) groups is 1. The lowest BCUT2D eigenvalue weighted by Gasteiger charge is -2.14. The first-order chi connectivity index (χ1) is 10.1. The van der Waals surface area contributed by atoms with Gasteiger partial charge >= 0.3 is 0 Å². The van der Waals surface area contributed by atoms with Crippen molar-refractivity contribution in [2.45, 2.75) is 5.92 Å².